The Kier molecular flexibility index (Phi) is 2.57. The monoisotopic (exact) mass is 218 g/mol. The fourth-order valence-corrected chi connectivity index (χ4v) is 4.46. The number of sulfonamides is 1. The van der Waals surface area contributed by atoms with E-state index in [0.29, 0.717) is 24.8 Å². The third kappa shape index (κ3) is 1.81. The summed E-state index contributed by atoms with van der Waals surface area (Å²) in [5.41, 5.74) is 5.65. The zero-order valence-corrected chi connectivity index (χ0v) is 9.33. The molecule has 0 aromatic rings. The lowest BCUT2D eigenvalue weighted by atomic mass is 10.1. The summed E-state index contributed by atoms with van der Waals surface area (Å²) in [7, 11) is -3.00. The van der Waals surface area contributed by atoms with Crippen LogP contribution in [0.2, 0.25) is 0 Å². The molecule has 0 radical (unpaired) electrons. The number of rotatable bonds is 3. The Morgan fingerprint density at radius 1 is 1.50 bits per heavy atom. The number of hydrogen-bond acceptors (Lipinski definition) is 3. The topological polar surface area (TPSA) is 63.4 Å². The maximum Gasteiger partial charge on any atom is 0.214 e. The maximum absolute atomic E-state index is 11.8. The highest BCUT2D eigenvalue weighted by Gasteiger charge is 2.43. The zero-order chi connectivity index (χ0) is 10.3. The minimum absolute atomic E-state index is 0.0740. The first-order valence-electron chi connectivity index (χ1n) is 5.24. The average molecular weight is 218 g/mol. The molecule has 1 saturated carbocycles. The van der Waals surface area contributed by atoms with E-state index in [1.807, 2.05) is 6.92 Å². The van der Waals surface area contributed by atoms with Crippen molar-refractivity contribution in [1.29, 1.82) is 0 Å². The number of hydrogen-bond donors (Lipinski definition) is 1. The van der Waals surface area contributed by atoms with Gasteiger partial charge in [-0.15, -0.1) is 0 Å². The Balaban J connectivity index is 2.15. The first-order valence-corrected chi connectivity index (χ1v) is 6.85. The highest BCUT2D eigenvalue weighted by atomic mass is 32.2. The van der Waals surface area contributed by atoms with Gasteiger partial charge in [0, 0.05) is 19.1 Å². The third-order valence-electron chi connectivity index (χ3n) is 3.12. The fourth-order valence-electron chi connectivity index (χ4n) is 2.30. The van der Waals surface area contributed by atoms with Crippen LogP contribution in [0.15, 0.2) is 0 Å². The molecule has 1 aliphatic heterocycles. The first kappa shape index (κ1) is 10.4. The summed E-state index contributed by atoms with van der Waals surface area (Å²) in [6.45, 7) is 3.12. The van der Waals surface area contributed by atoms with Gasteiger partial charge >= 0.3 is 0 Å². The van der Waals surface area contributed by atoms with Crippen molar-refractivity contribution in [3.05, 3.63) is 0 Å². The van der Waals surface area contributed by atoms with E-state index in [2.05, 4.69) is 0 Å². The van der Waals surface area contributed by atoms with Crippen LogP contribution in [-0.2, 0) is 10.0 Å². The quantitative estimate of drug-likeness (QED) is 0.725. The molecule has 5 heteroatoms. The summed E-state index contributed by atoms with van der Waals surface area (Å²) in [4.78, 5) is 0. The lowest BCUT2D eigenvalue weighted by Crippen LogP contribution is -2.43. The molecule has 82 valence electrons. The van der Waals surface area contributed by atoms with Gasteiger partial charge in [-0.2, -0.15) is 4.31 Å². The van der Waals surface area contributed by atoms with Crippen molar-refractivity contribution in [3.8, 4) is 0 Å². The SMILES string of the molecule is CC1CN(C(CN)C2CC2)S(=O)(=O)C1. The van der Waals surface area contributed by atoms with E-state index in [-0.39, 0.29) is 12.0 Å². The second-order valence-corrected chi connectivity index (χ2v) is 6.56. The molecule has 1 heterocycles. The first-order chi connectivity index (χ1) is 6.54. The molecule has 2 fully saturated rings. The van der Waals surface area contributed by atoms with Gasteiger partial charge in [-0.1, -0.05) is 6.92 Å². The van der Waals surface area contributed by atoms with Crippen molar-refractivity contribution in [2.75, 3.05) is 18.8 Å². The second-order valence-electron chi connectivity index (χ2n) is 4.59. The minimum Gasteiger partial charge on any atom is -0.329 e. The van der Waals surface area contributed by atoms with Gasteiger partial charge in [0.1, 0.15) is 0 Å². The lowest BCUT2D eigenvalue weighted by molar-refractivity contribution is 0.298. The van der Waals surface area contributed by atoms with Gasteiger partial charge < -0.3 is 5.73 Å². The van der Waals surface area contributed by atoms with Crippen molar-refractivity contribution in [1.82, 2.24) is 4.31 Å². The van der Waals surface area contributed by atoms with Crippen LogP contribution < -0.4 is 5.73 Å². The molecule has 0 spiro atoms. The van der Waals surface area contributed by atoms with E-state index in [1.54, 1.807) is 4.31 Å². The molecular formula is C9H18N2O2S. The third-order valence-corrected chi connectivity index (χ3v) is 5.25. The van der Waals surface area contributed by atoms with E-state index in [0.717, 1.165) is 12.8 Å². The number of nitrogens with two attached hydrogens (primary N) is 1. The molecule has 4 nitrogen and oxygen atoms in total. The smallest absolute Gasteiger partial charge is 0.214 e. The number of nitrogens with zero attached hydrogens (tertiary/aromatic N) is 1. The van der Waals surface area contributed by atoms with E-state index >= 15 is 0 Å². The van der Waals surface area contributed by atoms with E-state index < -0.39 is 10.0 Å². The van der Waals surface area contributed by atoms with Crippen LogP contribution in [0, 0.1) is 11.8 Å². The van der Waals surface area contributed by atoms with Crippen LogP contribution in [0.4, 0.5) is 0 Å². The summed E-state index contributed by atoms with van der Waals surface area (Å²) >= 11 is 0. The molecule has 0 aromatic carbocycles. The zero-order valence-electron chi connectivity index (χ0n) is 8.52. The highest BCUT2D eigenvalue weighted by Crippen LogP contribution is 2.37. The van der Waals surface area contributed by atoms with Gasteiger partial charge in [-0.3, -0.25) is 0 Å². The Morgan fingerprint density at radius 2 is 2.14 bits per heavy atom. The summed E-state index contributed by atoms with van der Waals surface area (Å²) in [5.74, 6) is 1.09. The van der Waals surface area contributed by atoms with E-state index in [1.165, 1.54) is 0 Å². The molecule has 2 rings (SSSR count). The predicted molar refractivity (Wildman–Crippen MR) is 55.2 cm³/mol. The average Bonchev–Trinajstić information content (AvgIpc) is 2.82. The Morgan fingerprint density at radius 3 is 2.50 bits per heavy atom. The molecule has 14 heavy (non-hydrogen) atoms. The molecular weight excluding hydrogens is 200 g/mol. The van der Waals surface area contributed by atoms with Crippen molar-refractivity contribution < 1.29 is 8.42 Å². The van der Waals surface area contributed by atoms with E-state index in [9.17, 15) is 8.42 Å². The van der Waals surface area contributed by atoms with Crippen LogP contribution in [0.25, 0.3) is 0 Å². The Bertz CT molecular complexity index is 311. The van der Waals surface area contributed by atoms with Gasteiger partial charge in [-0.25, -0.2) is 8.42 Å². The van der Waals surface area contributed by atoms with Crippen LogP contribution in [0.1, 0.15) is 19.8 Å². The molecule has 1 saturated heterocycles. The summed E-state index contributed by atoms with van der Waals surface area (Å²) in [5, 5.41) is 0. The molecule has 2 unspecified atom stereocenters. The Labute approximate surface area is 85.5 Å². The molecule has 2 atom stereocenters. The normalized spacial score (nSPS) is 34.6. The van der Waals surface area contributed by atoms with Gasteiger partial charge in [0.2, 0.25) is 10.0 Å². The standard InChI is InChI=1S/C9H18N2O2S/c1-7-5-11(14(12,13)6-7)9(4-10)8-2-3-8/h7-9H,2-6,10H2,1H3. The molecule has 0 aromatic heterocycles. The molecule has 2 aliphatic rings. The summed E-state index contributed by atoms with van der Waals surface area (Å²) in [6, 6.07) is 0.0740. The van der Waals surface area contributed by atoms with Gasteiger partial charge in [0.05, 0.1) is 5.75 Å². The fraction of sp³-hybridized carbons (Fsp3) is 1.00. The molecule has 1 aliphatic carbocycles. The van der Waals surface area contributed by atoms with Crippen molar-refractivity contribution >= 4 is 10.0 Å². The van der Waals surface area contributed by atoms with Gasteiger partial charge in [-0.05, 0) is 24.7 Å². The largest absolute Gasteiger partial charge is 0.329 e. The molecule has 0 amide bonds. The minimum atomic E-state index is -3.00. The van der Waals surface area contributed by atoms with Crippen LogP contribution in [0.3, 0.4) is 0 Å². The van der Waals surface area contributed by atoms with Crippen molar-refractivity contribution in [2.24, 2.45) is 17.6 Å². The summed E-state index contributed by atoms with van der Waals surface area (Å²) < 4.78 is 25.2. The predicted octanol–water partition coefficient (Wildman–Crippen LogP) is 0.00520. The van der Waals surface area contributed by atoms with Crippen LogP contribution in [0.5, 0.6) is 0 Å². The van der Waals surface area contributed by atoms with Gasteiger partial charge in [0.15, 0.2) is 0 Å². The van der Waals surface area contributed by atoms with Crippen LogP contribution >= 0.6 is 0 Å². The molecule has 0 bridgehead atoms. The molecule has 2 N–H and O–H groups in total. The Hall–Kier alpha value is -0.130. The van der Waals surface area contributed by atoms with Gasteiger partial charge in [0.25, 0.3) is 0 Å². The van der Waals surface area contributed by atoms with Crippen molar-refractivity contribution in [3.63, 3.8) is 0 Å². The van der Waals surface area contributed by atoms with Crippen molar-refractivity contribution in [2.45, 2.75) is 25.8 Å². The maximum atomic E-state index is 11.8. The lowest BCUT2D eigenvalue weighted by Gasteiger charge is -2.24. The van der Waals surface area contributed by atoms with Crippen LogP contribution in [-0.4, -0.2) is 37.6 Å². The summed E-state index contributed by atoms with van der Waals surface area (Å²) in [6.07, 6.45) is 2.28. The highest BCUT2D eigenvalue weighted by molar-refractivity contribution is 7.89. The van der Waals surface area contributed by atoms with E-state index in [4.69, 9.17) is 5.73 Å². The second kappa shape index (κ2) is 3.47.